The van der Waals surface area contributed by atoms with Gasteiger partial charge in [0.15, 0.2) is 17.2 Å². The standard InChI is InChI=1S/C28H27F2N7O2/c1-15(26-34-20-10-6-9-18(29)22(20)28(38)36(26)17-7-4-3-5-8-17)37-27-23(25(31)32-14-33-27)24(35-37)16-11-12-21(39-2)19(30)13-16/h6,9-15,17H,3-5,7-8H2,1-2H3,(H2,31,32,33). The molecule has 0 amide bonds. The monoisotopic (exact) mass is 531 g/mol. The zero-order valence-corrected chi connectivity index (χ0v) is 21.6. The van der Waals surface area contributed by atoms with E-state index < -0.39 is 23.2 Å². The Kier molecular flexibility index (Phi) is 6.20. The largest absolute Gasteiger partial charge is 0.494 e. The van der Waals surface area contributed by atoms with Crippen LogP contribution in [-0.4, -0.2) is 36.4 Å². The Labute approximate surface area is 222 Å². The number of rotatable bonds is 5. The quantitative estimate of drug-likeness (QED) is 0.332. The molecule has 6 rings (SSSR count). The molecule has 1 saturated carbocycles. The van der Waals surface area contributed by atoms with Crippen molar-refractivity contribution in [3.8, 4) is 17.0 Å². The van der Waals surface area contributed by atoms with Crippen LogP contribution in [-0.2, 0) is 0 Å². The molecular weight excluding hydrogens is 504 g/mol. The normalized spacial score (nSPS) is 15.2. The minimum Gasteiger partial charge on any atom is -0.494 e. The highest BCUT2D eigenvalue weighted by atomic mass is 19.1. The van der Waals surface area contributed by atoms with E-state index in [1.54, 1.807) is 21.4 Å². The lowest BCUT2D eigenvalue weighted by atomic mass is 9.94. The molecule has 11 heteroatoms. The van der Waals surface area contributed by atoms with Crippen LogP contribution in [0.15, 0.2) is 47.5 Å². The SMILES string of the molecule is COc1ccc(-c2nn(C(C)c3nc4cccc(F)c4c(=O)n3C3CCCCC3)c3ncnc(N)c23)cc1F. The van der Waals surface area contributed by atoms with E-state index in [-0.39, 0.29) is 28.5 Å². The van der Waals surface area contributed by atoms with E-state index in [4.69, 9.17) is 20.6 Å². The zero-order valence-electron chi connectivity index (χ0n) is 21.6. The molecule has 5 aromatic rings. The molecule has 1 atom stereocenters. The number of aromatic nitrogens is 6. The number of nitrogens with two attached hydrogens (primary N) is 1. The smallest absolute Gasteiger partial charge is 0.264 e. The van der Waals surface area contributed by atoms with Crippen molar-refractivity contribution in [2.24, 2.45) is 0 Å². The van der Waals surface area contributed by atoms with E-state index >= 15 is 0 Å². The summed E-state index contributed by atoms with van der Waals surface area (Å²) in [6, 6.07) is 8.25. The van der Waals surface area contributed by atoms with Crippen LogP contribution in [0.2, 0.25) is 0 Å². The molecule has 200 valence electrons. The summed E-state index contributed by atoms with van der Waals surface area (Å²) in [5, 5.41) is 5.23. The number of halogens is 2. The fourth-order valence-electron chi connectivity index (χ4n) is 5.60. The van der Waals surface area contributed by atoms with Crippen molar-refractivity contribution < 1.29 is 13.5 Å². The number of hydrogen-bond donors (Lipinski definition) is 1. The summed E-state index contributed by atoms with van der Waals surface area (Å²) in [5.74, 6) is -0.417. The first kappa shape index (κ1) is 24.9. The number of ether oxygens (including phenoxy) is 1. The third-order valence-corrected chi connectivity index (χ3v) is 7.53. The average Bonchev–Trinajstić information content (AvgIpc) is 3.34. The van der Waals surface area contributed by atoms with E-state index in [9.17, 15) is 13.6 Å². The molecule has 1 unspecified atom stereocenters. The van der Waals surface area contributed by atoms with Crippen molar-refractivity contribution in [1.29, 1.82) is 0 Å². The van der Waals surface area contributed by atoms with Crippen LogP contribution in [0.3, 0.4) is 0 Å². The lowest BCUT2D eigenvalue weighted by Gasteiger charge is -2.28. The van der Waals surface area contributed by atoms with E-state index in [0.29, 0.717) is 28.1 Å². The summed E-state index contributed by atoms with van der Waals surface area (Å²) >= 11 is 0. The van der Waals surface area contributed by atoms with E-state index in [1.165, 1.54) is 37.7 Å². The first-order chi connectivity index (χ1) is 18.9. The van der Waals surface area contributed by atoms with Crippen molar-refractivity contribution in [3.05, 3.63) is 70.5 Å². The topological polar surface area (TPSA) is 114 Å². The van der Waals surface area contributed by atoms with Crippen molar-refractivity contribution >= 4 is 27.8 Å². The summed E-state index contributed by atoms with van der Waals surface area (Å²) in [6.45, 7) is 1.86. The minimum atomic E-state index is -0.596. The van der Waals surface area contributed by atoms with Gasteiger partial charge in [-0.05, 0) is 50.1 Å². The fourth-order valence-corrected chi connectivity index (χ4v) is 5.60. The van der Waals surface area contributed by atoms with Gasteiger partial charge in [-0.25, -0.2) is 28.4 Å². The van der Waals surface area contributed by atoms with Gasteiger partial charge in [0, 0.05) is 11.6 Å². The van der Waals surface area contributed by atoms with E-state index in [0.717, 1.165) is 32.1 Å². The summed E-state index contributed by atoms with van der Waals surface area (Å²) in [5.41, 5.74) is 7.39. The Morgan fingerprint density at radius 3 is 2.59 bits per heavy atom. The van der Waals surface area contributed by atoms with Gasteiger partial charge in [0.25, 0.3) is 5.56 Å². The molecule has 0 spiro atoms. The molecule has 0 bridgehead atoms. The maximum absolute atomic E-state index is 14.8. The molecule has 2 aromatic carbocycles. The molecule has 1 fully saturated rings. The number of fused-ring (bicyclic) bond motifs is 2. The maximum Gasteiger partial charge on any atom is 0.264 e. The predicted molar refractivity (Wildman–Crippen MR) is 144 cm³/mol. The van der Waals surface area contributed by atoms with Crippen LogP contribution in [0, 0.1) is 11.6 Å². The maximum atomic E-state index is 14.8. The van der Waals surface area contributed by atoms with Gasteiger partial charge in [0.1, 0.15) is 40.9 Å². The van der Waals surface area contributed by atoms with Gasteiger partial charge in [-0.2, -0.15) is 5.10 Å². The van der Waals surface area contributed by atoms with Crippen LogP contribution >= 0.6 is 0 Å². The molecule has 0 saturated heterocycles. The Bertz CT molecular complexity index is 1780. The molecule has 1 aliphatic rings. The molecule has 3 heterocycles. The molecule has 3 aromatic heterocycles. The van der Waals surface area contributed by atoms with Crippen molar-refractivity contribution in [2.75, 3.05) is 12.8 Å². The summed E-state index contributed by atoms with van der Waals surface area (Å²) < 4.78 is 37.8. The third kappa shape index (κ3) is 4.08. The van der Waals surface area contributed by atoms with Gasteiger partial charge >= 0.3 is 0 Å². The number of nitrogen functional groups attached to an aromatic ring is 1. The summed E-state index contributed by atoms with van der Waals surface area (Å²) in [7, 11) is 1.39. The number of nitrogens with zero attached hydrogens (tertiary/aromatic N) is 6. The number of hydrogen-bond acceptors (Lipinski definition) is 7. The van der Waals surface area contributed by atoms with Crippen LogP contribution in [0.5, 0.6) is 5.75 Å². The molecule has 0 aliphatic heterocycles. The summed E-state index contributed by atoms with van der Waals surface area (Å²) in [4.78, 5) is 27.2. The highest BCUT2D eigenvalue weighted by Gasteiger charge is 2.29. The number of anilines is 1. The van der Waals surface area contributed by atoms with E-state index in [1.807, 2.05) is 6.92 Å². The Balaban J connectivity index is 1.59. The summed E-state index contributed by atoms with van der Waals surface area (Å²) in [6.07, 6.45) is 5.97. The van der Waals surface area contributed by atoms with Crippen molar-refractivity contribution in [3.63, 3.8) is 0 Å². The van der Waals surface area contributed by atoms with Gasteiger partial charge in [0.2, 0.25) is 0 Å². The first-order valence-electron chi connectivity index (χ1n) is 12.9. The van der Waals surface area contributed by atoms with Gasteiger partial charge in [-0.1, -0.05) is 25.3 Å². The van der Waals surface area contributed by atoms with Crippen LogP contribution < -0.4 is 16.0 Å². The average molecular weight is 532 g/mol. The van der Waals surface area contributed by atoms with Gasteiger partial charge in [0.05, 0.1) is 18.0 Å². The molecule has 2 N–H and O–H groups in total. The fraction of sp³-hybridized carbons (Fsp3) is 0.321. The highest BCUT2D eigenvalue weighted by Crippen LogP contribution is 2.36. The lowest BCUT2D eigenvalue weighted by molar-refractivity contribution is 0.326. The first-order valence-corrected chi connectivity index (χ1v) is 12.9. The number of benzene rings is 2. The second-order valence-corrected chi connectivity index (χ2v) is 9.85. The van der Waals surface area contributed by atoms with Crippen LogP contribution in [0.25, 0.3) is 33.2 Å². The molecule has 9 nitrogen and oxygen atoms in total. The van der Waals surface area contributed by atoms with Gasteiger partial charge in [-0.15, -0.1) is 0 Å². The van der Waals surface area contributed by atoms with Gasteiger partial charge in [-0.3, -0.25) is 9.36 Å². The van der Waals surface area contributed by atoms with Crippen LogP contribution in [0.1, 0.15) is 56.9 Å². The number of methoxy groups -OCH3 is 1. The minimum absolute atomic E-state index is 0.0229. The van der Waals surface area contributed by atoms with Gasteiger partial charge < -0.3 is 10.5 Å². The molecule has 1 aliphatic carbocycles. The van der Waals surface area contributed by atoms with E-state index in [2.05, 4.69) is 9.97 Å². The molecule has 39 heavy (non-hydrogen) atoms. The Hall–Kier alpha value is -4.41. The predicted octanol–water partition coefficient (Wildman–Crippen LogP) is 5.19. The second kappa shape index (κ2) is 9.72. The highest BCUT2D eigenvalue weighted by molar-refractivity contribution is 5.98. The molecule has 0 radical (unpaired) electrons. The Morgan fingerprint density at radius 1 is 1.05 bits per heavy atom. The van der Waals surface area contributed by atoms with Crippen molar-refractivity contribution in [1.82, 2.24) is 29.3 Å². The Morgan fingerprint density at radius 2 is 1.85 bits per heavy atom. The van der Waals surface area contributed by atoms with Crippen LogP contribution in [0.4, 0.5) is 14.6 Å². The second-order valence-electron chi connectivity index (χ2n) is 9.85. The molecular formula is C28H27F2N7O2. The van der Waals surface area contributed by atoms with Crippen molar-refractivity contribution in [2.45, 2.75) is 51.1 Å². The third-order valence-electron chi connectivity index (χ3n) is 7.53. The zero-order chi connectivity index (χ0) is 27.3. The lowest BCUT2D eigenvalue weighted by Crippen LogP contribution is -2.33.